The molecule has 37 heavy (non-hydrogen) atoms. The average Bonchev–Trinajstić information content (AvgIpc) is 3.32. The van der Waals surface area contributed by atoms with Gasteiger partial charge in [-0.05, 0) is 68.0 Å². The van der Waals surface area contributed by atoms with Crippen LogP contribution in [0.5, 0.6) is 0 Å². The van der Waals surface area contributed by atoms with Crippen molar-refractivity contribution in [2.24, 2.45) is 0 Å². The normalized spacial score (nSPS) is 11.8. The number of para-hydroxylation sites is 1. The zero-order valence-corrected chi connectivity index (χ0v) is 19.9. The van der Waals surface area contributed by atoms with Gasteiger partial charge in [-0.25, -0.2) is 0 Å². The maximum Gasteiger partial charge on any atom is 0.0991 e. The first-order valence-corrected chi connectivity index (χ1v) is 12.5. The number of hydrogen-bond acceptors (Lipinski definition) is 1. The van der Waals surface area contributed by atoms with Crippen LogP contribution in [0.15, 0.2) is 121 Å². The fourth-order valence-electron chi connectivity index (χ4n) is 6.16. The van der Waals surface area contributed by atoms with Crippen molar-refractivity contribution in [2.45, 2.75) is 0 Å². The third-order valence-electron chi connectivity index (χ3n) is 7.74. The Bertz CT molecular complexity index is 2260. The molecule has 170 valence electrons. The number of hydrogen-bond donors (Lipinski definition) is 0. The monoisotopic (exact) mass is 468 g/mol. The molecule has 1 heterocycles. The number of aromatic nitrogens is 1. The molecule has 0 atom stereocenters. The van der Waals surface area contributed by atoms with Crippen molar-refractivity contribution in [1.82, 2.24) is 4.57 Å². The van der Waals surface area contributed by atoms with E-state index in [9.17, 15) is 5.26 Å². The molecule has 2 nitrogen and oxygen atoms in total. The molecule has 0 saturated carbocycles. The fraction of sp³-hybridized carbons (Fsp3) is 0. The Labute approximate surface area is 213 Å². The molecule has 0 aliphatic rings. The van der Waals surface area contributed by atoms with Gasteiger partial charge in [-0.2, -0.15) is 5.26 Å². The van der Waals surface area contributed by atoms with Gasteiger partial charge < -0.3 is 4.57 Å². The van der Waals surface area contributed by atoms with E-state index in [0.29, 0.717) is 5.56 Å². The Morgan fingerprint density at radius 1 is 0.486 bits per heavy atom. The van der Waals surface area contributed by atoms with Crippen LogP contribution in [0.1, 0.15) is 5.56 Å². The van der Waals surface area contributed by atoms with Gasteiger partial charge in [0.15, 0.2) is 0 Å². The predicted molar refractivity (Wildman–Crippen MR) is 156 cm³/mol. The highest BCUT2D eigenvalue weighted by atomic mass is 15.0. The summed E-state index contributed by atoms with van der Waals surface area (Å²) in [5.41, 5.74) is 4.22. The Hall–Kier alpha value is -5.13. The summed E-state index contributed by atoms with van der Waals surface area (Å²) in [4.78, 5) is 0. The Balaban J connectivity index is 1.63. The minimum Gasteiger partial charge on any atom is -0.309 e. The lowest BCUT2D eigenvalue weighted by Crippen LogP contribution is -1.95. The van der Waals surface area contributed by atoms with Crippen LogP contribution in [-0.2, 0) is 0 Å². The molecule has 7 aromatic carbocycles. The van der Waals surface area contributed by atoms with Crippen LogP contribution >= 0.6 is 0 Å². The Morgan fingerprint density at radius 2 is 1.14 bits per heavy atom. The zero-order chi connectivity index (χ0) is 24.5. The first-order chi connectivity index (χ1) is 18.3. The zero-order valence-electron chi connectivity index (χ0n) is 19.9. The first-order valence-electron chi connectivity index (χ1n) is 12.5. The van der Waals surface area contributed by atoms with E-state index in [0.717, 1.165) is 16.5 Å². The molecular formula is C35H20N2. The van der Waals surface area contributed by atoms with Crippen LogP contribution in [0.4, 0.5) is 0 Å². The highest BCUT2D eigenvalue weighted by molar-refractivity contribution is 6.36. The molecule has 0 N–H and O–H groups in total. The topological polar surface area (TPSA) is 28.7 Å². The SMILES string of the molecule is N#Cc1ccc2cc(-n3c4ccccc4c4c5ccccc5c5c6ccccc6ccc5c43)ccc2c1. The summed E-state index contributed by atoms with van der Waals surface area (Å²) in [6.07, 6.45) is 0. The van der Waals surface area contributed by atoms with Crippen LogP contribution in [0.3, 0.4) is 0 Å². The van der Waals surface area contributed by atoms with E-state index in [2.05, 4.69) is 114 Å². The van der Waals surface area contributed by atoms with Crippen molar-refractivity contribution in [3.8, 4) is 11.8 Å². The molecule has 0 saturated heterocycles. The third-order valence-corrected chi connectivity index (χ3v) is 7.74. The summed E-state index contributed by atoms with van der Waals surface area (Å²) in [6.45, 7) is 0. The molecule has 0 aliphatic heterocycles. The summed E-state index contributed by atoms with van der Waals surface area (Å²) in [7, 11) is 0. The summed E-state index contributed by atoms with van der Waals surface area (Å²) in [6, 6.07) is 45.5. The molecule has 0 aliphatic carbocycles. The van der Waals surface area contributed by atoms with Crippen molar-refractivity contribution >= 4 is 64.9 Å². The lowest BCUT2D eigenvalue weighted by Gasteiger charge is -2.14. The first kappa shape index (κ1) is 20.1. The minimum absolute atomic E-state index is 0.682. The maximum atomic E-state index is 9.35. The standard InChI is InChI=1S/C35H20N2/c36-21-22-13-14-25-20-26(17-15-24(25)19-22)37-32-12-6-5-11-30(32)34-29-10-4-3-9-28(29)33-27-8-2-1-7-23(27)16-18-31(33)35(34)37/h1-20H. The van der Waals surface area contributed by atoms with E-state index >= 15 is 0 Å². The largest absolute Gasteiger partial charge is 0.309 e. The average molecular weight is 469 g/mol. The molecule has 0 fully saturated rings. The van der Waals surface area contributed by atoms with Gasteiger partial charge in [-0.1, -0.05) is 91.0 Å². The van der Waals surface area contributed by atoms with Gasteiger partial charge in [0.1, 0.15) is 0 Å². The summed E-state index contributed by atoms with van der Waals surface area (Å²) in [5.74, 6) is 0. The highest BCUT2D eigenvalue weighted by Gasteiger charge is 2.19. The minimum atomic E-state index is 0.682. The fourth-order valence-corrected chi connectivity index (χ4v) is 6.16. The van der Waals surface area contributed by atoms with Crippen molar-refractivity contribution in [3.05, 3.63) is 127 Å². The van der Waals surface area contributed by atoms with Crippen LogP contribution in [0.25, 0.3) is 70.6 Å². The summed E-state index contributed by atoms with van der Waals surface area (Å²) in [5, 5.41) is 21.7. The molecule has 8 rings (SSSR count). The second-order valence-corrected chi connectivity index (χ2v) is 9.69. The van der Waals surface area contributed by atoms with E-state index in [-0.39, 0.29) is 0 Å². The molecule has 8 aromatic rings. The van der Waals surface area contributed by atoms with Crippen molar-refractivity contribution in [2.75, 3.05) is 0 Å². The third kappa shape index (κ3) is 2.74. The number of nitriles is 1. The lowest BCUT2D eigenvalue weighted by molar-refractivity contribution is 1.19. The number of benzene rings is 7. The van der Waals surface area contributed by atoms with Crippen LogP contribution in [0, 0.1) is 11.3 Å². The molecule has 1 aromatic heterocycles. The number of rotatable bonds is 1. The Kier molecular flexibility index (Phi) is 4.04. The smallest absolute Gasteiger partial charge is 0.0991 e. The quantitative estimate of drug-likeness (QED) is 0.221. The Morgan fingerprint density at radius 3 is 1.97 bits per heavy atom. The van der Waals surface area contributed by atoms with Crippen LogP contribution < -0.4 is 0 Å². The molecule has 0 bridgehead atoms. The predicted octanol–water partition coefficient (Wildman–Crippen LogP) is 9.27. The molecule has 0 spiro atoms. The van der Waals surface area contributed by atoms with Gasteiger partial charge >= 0.3 is 0 Å². The maximum absolute atomic E-state index is 9.35. The van der Waals surface area contributed by atoms with Crippen LogP contribution in [-0.4, -0.2) is 4.57 Å². The van der Waals surface area contributed by atoms with Crippen molar-refractivity contribution in [3.63, 3.8) is 0 Å². The van der Waals surface area contributed by atoms with Crippen LogP contribution in [0.2, 0.25) is 0 Å². The van der Waals surface area contributed by atoms with E-state index in [1.165, 1.54) is 54.1 Å². The number of fused-ring (bicyclic) bond motifs is 11. The summed E-state index contributed by atoms with van der Waals surface area (Å²) >= 11 is 0. The van der Waals surface area contributed by atoms with Gasteiger partial charge in [0, 0.05) is 21.8 Å². The van der Waals surface area contributed by atoms with E-state index in [1.807, 2.05) is 18.2 Å². The summed E-state index contributed by atoms with van der Waals surface area (Å²) < 4.78 is 2.42. The second kappa shape index (κ2) is 7.43. The molecule has 0 radical (unpaired) electrons. The van der Waals surface area contributed by atoms with E-state index in [4.69, 9.17) is 0 Å². The highest BCUT2D eigenvalue weighted by Crippen LogP contribution is 2.44. The molecular weight excluding hydrogens is 448 g/mol. The van der Waals surface area contributed by atoms with Gasteiger partial charge in [0.05, 0.1) is 22.7 Å². The lowest BCUT2D eigenvalue weighted by atomic mass is 9.93. The van der Waals surface area contributed by atoms with Gasteiger partial charge in [-0.3, -0.25) is 0 Å². The van der Waals surface area contributed by atoms with Crippen molar-refractivity contribution in [1.29, 1.82) is 5.26 Å². The van der Waals surface area contributed by atoms with E-state index in [1.54, 1.807) is 0 Å². The van der Waals surface area contributed by atoms with E-state index < -0.39 is 0 Å². The van der Waals surface area contributed by atoms with Gasteiger partial charge in [0.25, 0.3) is 0 Å². The number of nitrogens with zero attached hydrogens (tertiary/aromatic N) is 2. The van der Waals surface area contributed by atoms with Gasteiger partial charge in [0.2, 0.25) is 0 Å². The molecule has 2 heteroatoms. The molecule has 0 amide bonds. The molecule has 0 unspecified atom stereocenters. The van der Waals surface area contributed by atoms with Gasteiger partial charge in [-0.15, -0.1) is 0 Å². The van der Waals surface area contributed by atoms with Crippen molar-refractivity contribution < 1.29 is 0 Å². The second-order valence-electron chi connectivity index (χ2n) is 9.69.